The van der Waals surface area contributed by atoms with E-state index in [1.54, 1.807) is 0 Å². The number of hydrogen-bond acceptors (Lipinski definition) is 4. The monoisotopic (exact) mass is 701 g/mol. The van der Waals surface area contributed by atoms with Gasteiger partial charge in [-0.3, -0.25) is 0 Å². The molecule has 0 saturated carbocycles. The van der Waals surface area contributed by atoms with E-state index in [4.69, 9.17) is 19.7 Å². The third-order valence-electron chi connectivity index (χ3n) is 11.8. The second kappa shape index (κ2) is 11.4. The van der Waals surface area contributed by atoms with Gasteiger partial charge in [-0.2, -0.15) is 0 Å². The van der Waals surface area contributed by atoms with Crippen molar-refractivity contribution in [1.82, 2.24) is 15.0 Å². The molecule has 256 valence electrons. The second-order valence-corrected chi connectivity index (χ2v) is 14.7. The maximum Gasteiger partial charge on any atom is 0.164 e. The van der Waals surface area contributed by atoms with Crippen molar-refractivity contribution in [3.8, 4) is 67.9 Å². The van der Waals surface area contributed by atoms with E-state index < -0.39 is 5.41 Å². The van der Waals surface area contributed by atoms with Crippen LogP contribution in [0.4, 0.5) is 0 Å². The van der Waals surface area contributed by atoms with Gasteiger partial charge in [0.15, 0.2) is 17.5 Å². The maximum atomic E-state index is 7.23. The lowest BCUT2D eigenvalue weighted by Gasteiger charge is -2.42. The van der Waals surface area contributed by atoms with Gasteiger partial charge >= 0.3 is 0 Å². The molecule has 2 heterocycles. The minimum atomic E-state index is -0.526. The fourth-order valence-corrected chi connectivity index (χ4v) is 9.36. The number of nitrogens with zero attached hydrogens (tertiary/aromatic N) is 3. The van der Waals surface area contributed by atoms with Crippen molar-refractivity contribution in [2.24, 2.45) is 0 Å². The summed E-state index contributed by atoms with van der Waals surface area (Å²) in [4.78, 5) is 15.6. The van der Waals surface area contributed by atoms with Crippen LogP contribution < -0.4 is 4.74 Å². The van der Waals surface area contributed by atoms with Gasteiger partial charge in [0.05, 0.1) is 5.41 Å². The molecule has 1 aromatic heterocycles. The molecule has 0 N–H and O–H groups in total. The van der Waals surface area contributed by atoms with Gasteiger partial charge in [0.25, 0.3) is 0 Å². The van der Waals surface area contributed by atoms with Crippen LogP contribution in [-0.4, -0.2) is 15.0 Å². The fourth-order valence-electron chi connectivity index (χ4n) is 9.36. The zero-order valence-corrected chi connectivity index (χ0v) is 29.7. The number of hydrogen-bond donors (Lipinski definition) is 0. The van der Waals surface area contributed by atoms with Crippen LogP contribution >= 0.6 is 0 Å². The van der Waals surface area contributed by atoms with Gasteiger partial charge in [-0.05, 0) is 49.7 Å². The van der Waals surface area contributed by atoms with Gasteiger partial charge in [0.2, 0.25) is 0 Å². The number of benzene rings is 8. The van der Waals surface area contributed by atoms with E-state index in [-0.39, 0.29) is 0 Å². The highest BCUT2D eigenvalue weighted by atomic mass is 16.5. The topological polar surface area (TPSA) is 47.9 Å². The first-order valence-corrected chi connectivity index (χ1v) is 18.8. The smallest absolute Gasteiger partial charge is 0.164 e. The van der Waals surface area contributed by atoms with Crippen molar-refractivity contribution in [2.75, 3.05) is 0 Å². The summed E-state index contributed by atoms with van der Waals surface area (Å²) in [6.07, 6.45) is 0.927. The Morgan fingerprint density at radius 3 is 1.73 bits per heavy atom. The molecule has 0 fully saturated rings. The lowest BCUT2D eigenvalue weighted by molar-refractivity contribution is 0.429. The second-order valence-electron chi connectivity index (χ2n) is 14.7. The van der Waals surface area contributed by atoms with E-state index in [1.165, 1.54) is 38.9 Å². The predicted molar refractivity (Wildman–Crippen MR) is 219 cm³/mol. The molecular weight excluding hydrogens is 671 g/mol. The summed E-state index contributed by atoms with van der Waals surface area (Å²) >= 11 is 0. The minimum Gasteiger partial charge on any atom is -0.456 e. The molecule has 0 atom stereocenters. The van der Waals surface area contributed by atoms with Gasteiger partial charge in [-0.15, -0.1) is 0 Å². The van der Waals surface area contributed by atoms with Crippen LogP contribution in [0.25, 0.3) is 67.2 Å². The van der Waals surface area contributed by atoms with Crippen molar-refractivity contribution < 1.29 is 4.74 Å². The number of aromatic nitrogens is 3. The van der Waals surface area contributed by atoms with E-state index in [1.807, 2.05) is 18.2 Å². The van der Waals surface area contributed by atoms with Crippen LogP contribution in [-0.2, 0) is 11.8 Å². The molecule has 0 unspecified atom stereocenters. The molecule has 4 heteroatoms. The van der Waals surface area contributed by atoms with Gasteiger partial charge in [0, 0.05) is 39.8 Å². The summed E-state index contributed by atoms with van der Waals surface area (Å²) in [6.45, 7) is 0. The number of rotatable bonds is 4. The van der Waals surface area contributed by atoms with E-state index in [0.717, 1.165) is 62.1 Å². The number of fused-ring (bicyclic) bond motifs is 8. The van der Waals surface area contributed by atoms with E-state index in [0.29, 0.717) is 17.5 Å². The molecule has 0 radical (unpaired) electrons. The van der Waals surface area contributed by atoms with Crippen molar-refractivity contribution in [3.63, 3.8) is 0 Å². The molecule has 3 aliphatic carbocycles. The normalized spacial score (nSPS) is 13.7. The standard InChI is InChI=1S/C51H31N3O/c1-2-15-33(16-3-1)48-52-49(40-24-12-17-32-14-4-5-18-35(32)40)54-50(53-48)41-22-7-6-19-36(41)39-23-13-27-44-47(39)55-46-34-28-31(29-34)30-45(46)51(44)42-25-10-8-20-37(42)38-21-9-11-26-43(38)51/h1-28,30H,29H2. The molecule has 1 aliphatic heterocycles. The molecule has 8 aromatic carbocycles. The van der Waals surface area contributed by atoms with Crippen molar-refractivity contribution in [3.05, 3.63) is 209 Å². The van der Waals surface area contributed by atoms with Crippen molar-refractivity contribution >= 4 is 10.8 Å². The number of ether oxygens (including phenoxy) is 1. The highest BCUT2D eigenvalue weighted by Gasteiger charge is 2.52. The van der Waals surface area contributed by atoms with Gasteiger partial charge < -0.3 is 4.74 Å². The molecular formula is C51H31N3O. The summed E-state index contributed by atoms with van der Waals surface area (Å²) in [7, 11) is 0. The molecule has 0 amide bonds. The molecule has 13 rings (SSSR count). The van der Waals surface area contributed by atoms with Crippen LogP contribution in [0.1, 0.15) is 33.4 Å². The highest BCUT2D eigenvalue weighted by Crippen LogP contribution is 2.65. The van der Waals surface area contributed by atoms with Crippen molar-refractivity contribution in [2.45, 2.75) is 11.8 Å². The summed E-state index contributed by atoms with van der Waals surface area (Å²) in [5.41, 5.74) is 14.4. The Bertz CT molecular complexity index is 3010. The first-order chi connectivity index (χ1) is 27.3. The average Bonchev–Trinajstić information content (AvgIpc) is 3.54. The van der Waals surface area contributed by atoms with Crippen LogP contribution in [0.5, 0.6) is 11.5 Å². The highest BCUT2D eigenvalue weighted by molar-refractivity contribution is 5.96. The molecule has 4 aliphatic rings. The van der Waals surface area contributed by atoms with Crippen LogP contribution in [0.2, 0.25) is 0 Å². The molecule has 2 bridgehead atoms. The Kier molecular flexibility index (Phi) is 6.29. The van der Waals surface area contributed by atoms with Gasteiger partial charge in [-0.1, -0.05) is 176 Å². The quantitative estimate of drug-likeness (QED) is 0.183. The molecule has 1 spiro atoms. The largest absolute Gasteiger partial charge is 0.456 e. The third kappa shape index (κ3) is 4.25. The van der Waals surface area contributed by atoms with E-state index >= 15 is 0 Å². The first-order valence-electron chi connectivity index (χ1n) is 18.8. The minimum absolute atomic E-state index is 0.526. The van der Waals surface area contributed by atoms with Gasteiger partial charge in [-0.25, -0.2) is 15.0 Å². The SMILES string of the molecule is c1ccc(-c2nc(-c3ccccc3-c3cccc4c3Oc3c5cc(cc3C43c4ccccc4-c4ccccc43)C5)nc(-c3cccc4ccccc34)n2)cc1. The fraction of sp³-hybridized carbons (Fsp3) is 0.0392. The van der Waals surface area contributed by atoms with Crippen molar-refractivity contribution in [1.29, 1.82) is 0 Å². The zero-order chi connectivity index (χ0) is 36.1. The van der Waals surface area contributed by atoms with Crippen LogP contribution in [0.3, 0.4) is 0 Å². The Morgan fingerprint density at radius 2 is 0.945 bits per heavy atom. The van der Waals surface area contributed by atoms with Crippen LogP contribution in [0.15, 0.2) is 176 Å². The lowest BCUT2D eigenvalue weighted by Crippen LogP contribution is -2.34. The van der Waals surface area contributed by atoms with Crippen LogP contribution in [0, 0.1) is 0 Å². The summed E-state index contributed by atoms with van der Waals surface area (Å²) in [6, 6.07) is 62.5. The Hall–Kier alpha value is -7.17. The molecule has 0 saturated heterocycles. The molecule has 9 aromatic rings. The Balaban J connectivity index is 1.12. The predicted octanol–water partition coefficient (Wildman–Crippen LogP) is 12.1. The Morgan fingerprint density at radius 1 is 0.400 bits per heavy atom. The summed E-state index contributed by atoms with van der Waals surface area (Å²) in [5.74, 6) is 3.72. The lowest BCUT2D eigenvalue weighted by atomic mass is 9.63. The maximum absolute atomic E-state index is 7.23. The average molecular weight is 702 g/mol. The molecule has 4 nitrogen and oxygen atoms in total. The Labute approximate surface area is 318 Å². The third-order valence-corrected chi connectivity index (χ3v) is 11.8. The zero-order valence-electron chi connectivity index (χ0n) is 29.7. The van der Waals surface area contributed by atoms with E-state index in [9.17, 15) is 0 Å². The van der Waals surface area contributed by atoms with Gasteiger partial charge in [0.1, 0.15) is 11.5 Å². The summed E-state index contributed by atoms with van der Waals surface area (Å²) in [5, 5.41) is 2.24. The summed E-state index contributed by atoms with van der Waals surface area (Å²) < 4.78 is 7.23. The first kappa shape index (κ1) is 30.3. The number of para-hydroxylation sites is 1. The molecule has 55 heavy (non-hydrogen) atoms. The van der Waals surface area contributed by atoms with E-state index in [2.05, 4.69) is 158 Å².